The van der Waals surface area contributed by atoms with Crippen molar-refractivity contribution >= 4 is 17.4 Å². The summed E-state index contributed by atoms with van der Waals surface area (Å²) in [4.78, 5) is 18.3. The number of hydrogen-bond acceptors (Lipinski definition) is 5. The Morgan fingerprint density at radius 3 is 2.96 bits per heavy atom. The Hall–Kier alpha value is -2.15. The zero-order chi connectivity index (χ0) is 18.0. The molecule has 0 spiro atoms. The summed E-state index contributed by atoms with van der Waals surface area (Å²) in [6.45, 7) is 9.75. The van der Waals surface area contributed by atoms with E-state index in [1.165, 1.54) is 0 Å². The summed E-state index contributed by atoms with van der Waals surface area (Å²) in [5.74, 6) is 0.827. The zero-order valence-electron chi connectivity index (χ0n) is 15.4. The molecule has 1 unspecified atom stereocenters. The van der Waals surface area contributed by atoms with Gasteiger partial charge in [0.05, 0.1) is 11.6 Å². The molecule has 2 aromatic rings. The summed E-state index contributed by atoms with van der Waals surface area (Å²) in [6, 6.07) is 2.03. The second-order valence-electron chi connectivity index (χ2n) is 7.05. The van der Waals surface area contributed by atoms with E-state index in [0.717, 1.165) is 73.9 Å². The summed E-state index contributed by atoms with van der Waals surface area (Å²) < 4.78 is 1.89. The minimum Gasteiger partial charge on any atom is -0.370 e. The third kappa shape index (κ3) is 3.92. The van der Waals surface area contributed by atoms with E-state index in [0.29, 0.717) is 0 Å². The lowest BCUT2D eigenvalue weighted by Crippen LogP contribution is -2.41. The van der Waals surface area contributed by atoms with E-state index in [-0.39, 0.29) is 11.8 Å². The van der Waals surface area contributed by atoms with Crippen molar-refractivity contribution in [1.29, 1.82) is 0 Å². The van der Waals surface area contributed by atoms with E-state index >= 15 is 0 Å². The second kappa shape index (κ2) is 7.39. The van der Waals surface area contributed by atoms with Gasteiger partial charge in [0, 0.05) is 30.4 Å². The molecule has 0 radical (unpaired) electrons. The van der Waals surface area contributed by atoms with E-state index < -0.39 is 0 Å². The monoisotopic (exact) mass is 344 g/mol. The van der Waals surface area contributed by atoms with Crippen molar-refractivity contribution in [3.8, 4) is 0 Å². The Kier molecular flexibility index (Phi) is 5.22. The lowest BCUT2D eigenvalue weighted by Gasteiger charge is -2.31. The van der Waals surface area contributed by atoms with E-state index in [1.807, 2.05) is 24.4 Å². The fraction of sp³-hybridized carbons (Fsp3) is 0.611. The molecule has 0 saturated carbocycles. The van der Waals surface area contributed by atoms with Gasteiger partial charge in [-0.05, 0) is 53.1 Å². The van der Waals surface area contributed by atoms with Crippen LogP contribution < -0.4 is 11.1 Å². The van der Waals surface area contributed by atoms with Crippen LogP contribution >= 0.6 is 0 Å². The largest absolute Gasteiger partial charge is 0.370 e. The summed E-state index contributed by atoms with van der Waals surface area (Å²) in [5.41, 5.74) is 9.48. The highest BCUT2D eigenvalue weighted by Crippen LogP contribution is 2.19. The van der Waals surface area contributed by atoms with Crippen molar-refractivity contribution in [3.05, 3.63) is 23.0 Å². The Morgan fingerprint density at radius 2 is 2.20 bits per heavy atom. The Bertz CT molecular complexity index is 769. The maximum atomic E-state index is 11.4. The first-order chi connectivity index (χ1) is 12.0. The highest BCUT2D eigenvalue weighted by Gasteiger charge is 2.23. The molecule has 1 aliphatic rings. The van der Waals surface area contributed by atoms with Crippen molar-refractivity contribution in [1.82, 2.24) is 19.5 Å². The van der Waals surface area contributed by atoms with Crippen LogP contribution in [0.5, 0.6) is 0 Å². The summed E-state index contributed by atoms with van der Waals surface area (Å²) in [5, 5.41) is 8.07. The smallest absolute Gasteiger partial charge is 0.221 e. The van der Waals surface area contributed by atoms with Gasteiger partial charge in [0.15, 0.2) is 5.65 Å². The van der Waals surface area contributed by atoms with Gasteiger partial charge in [-0.1, -0.05) is 0 Å². The van der Waals surface area contributed by atoms with Crippen molar-refractivity contribution < 1.29 is 4.79 Å². The number of aromatic nitrogens is 3. The average Bonchev–Trinajstić information content (AvgIpc) is 2.87. The maximum absolute atomic E-state index is 11.4. The minimum atomic E-state index is -0.165. The number of amides is 1. The van der Waals surface area contributed by atoms with Crippen LogP contribution in [0.2, 0.25) is 0 Å². The molecule has 3 N–H and O–H groups in total. The Balaban J connectivity index is 1.57. The van der Waals surface area contributed by atoms with Crippen molar-refractivity contribution in [2.75, 3.05) is 31.5 Å². The SMILES string of the molecule is Cc1cc(NCCCN2CCCC(C(N)=O)C2)n2nc(C)c(C)c2n1. The lowest BCUT2D eigenvalue weighted by molar-refractivity contribution is -0.123. The van der Waals surface area contributed by atoms with Crippen LogP contribution in [-0.4, -0.2) is 51.6 Å². The van der Waals surface area contributed by atoms with Gasteiger partial charge >= 0.3 is 0 Å². The lowest BCUT2D eigenvalue weighted by atomic mass is 9.97. The van der Waals surface area contributed by atoms with Crippen molar-refractivity contribution in [3.63, 3.8) is 0 Å². The van der Waals surface area contributed by atoms with Crippen LogP contribution in [-0.2, 0) is 4.79 Å². The van der Waals surface area contributed by atoms with Gasteiger partial charge in [-0.2, -0.15) is 9.61 Å². The van der Waals surface area contributed by atoms with Gasteiger partial charge in [0.25, 0.3) is 0 Å². The molecule has 0 aliphatic carbocycles. The molecular weight excluding hydrogens is 316 g/mol. The molecule has 3 rings (SSSR count). The van der Waals surface area contributed by atoms with Gasteiger partial charge in [-0.25, -0.2) is 4.98 Å². The summed E-state index contributed by atoms with van der Waals surface area (Å²) in [6.07, 6.45) is 2.99. The first-order valence-electron chi connectivity index (χ1n) is 9.05. The minimum absolute atomic E-state index is 0.0132. The molecule has 3 heterocycles. The number of piperidine rings is 1. The number of fused-ring (bicyclic) bond motifs is 1. The molecular formula is C18H28N6O. The highest BCUT2D eigenvalue weighted by atomic mass is 16.1. The van der Waals surface area contributed by atoms with Crippen molar-refractivity contribution in [2.45, 2.75) is 40.0 Å². The van der Waals surface area contributed by atoms with Crippen LogP contribution in [0.25, 0.3) is 5.65 Å². The summed E-state index contributed by atoms with van der Waals surface area (Å²) in [7, 11) is 0. The summed E-state index contributed by atoms with van der Waals surface area (Å²) >= 11 is 0. The fourth-order valence-electron chi connectivity index (χ4n) is 3.49. The molecule has 1 aliphatic heterocycles. The standard InChI is InChI=1S/C18H28N6O/c1-12-10-16(24-18(21-12)13(2)14(3)22-24)20-7-5-9-23-8-4-6-15(11-23)17(19)25/h10,15,20H,4-9,11H2,1-3H3,(H2,19,25). The number of hydrogen-bond donors (Lipinski definition) is 2. The molecule has 0 aromatic carbocycles. The number of primary amides is 1. The average molecular weight is 344 g/mol. The predicted molar refractivity (Wildman–Crippen MR) is 98.7 cm³/mol. The van der Waals surface area contributed by atoms with Gasteiger partial charge in [-0.15, -0.1) is 0 Å². The maximum Gasteiger partial charge on any atom is 0.221 e. The fourth-order valence-corrected chi connectivity index (χ4v) is 3.49. The molecule has 1 saturated heterocycles. The zero-order valence-corrected chi connectivity index (χ0v) is 15.4. The van der Waals surface area contributed by atoms with Crippen LogP contribution in [0.15, 0.2) is 6.07 Å². The second-order valence-corrected chi connectivity index (χ2v) is 7.05. The Labute approximate surface area is 148 Å². The quantitative estimate of drug-likeness (QED) is 0.778. The van der Waals surface area contributed by atoms with E-state index in [4.69, 9.17) is 5.73 Å². The number of rotatable bonds is 6. The molecule has 7 nitrogen and oxygen atoms in total. The molecule has 1 amide bonds. The molecule has 1 atom stereocenters. The van der Waals surface area contributed by atoms with Gasteiger partial charge < -0.3 is 16.0 Å². The number of aryl methyl sites for hydroxylation is 3. The van der Waals surface area contributed by atoms with Crippen molar-refractivity contribution in [2.24, 2.45) is 11.7 Å². The predicted octanol–water partition coefficient (Wildman–Crippen LogP) is 1.65. The van der Waals surface area contributed by atoms with Gasteiger partial charge in [0.2, 0.25) is 5.91 Å². The van der Waals surface area contributed by atoms with Crippen LogP contribution in [0.3, 0.4) is 0 Å². The number of anilines is 1. The van der Waals surface area contributed by atoms with E-state index in [2.05, 4.69) is 27.2 Å². The Morgan fingerprint density at radius 1 is 1.40 bits per heavy atom. The normalized spacial score (nSPS) is 18.6. The number of carbonyl (C=O) groups is 1. The van der Waals surface area contributed by atoms with Gasteiger partial charge in [-0.3, -0.25) is 4.79 Å². The highest BCUT2D eigenvalue weighted by molar-refractivity contribution is 5.76. The number of nitrogens with zero attached hydrogens (tertiary/aromatic N) is 4. The topological polar surface area (TPSA) is 88.5 Å². The molecule has 136 valence electrons. The molecule has 0 bridgehead atoms. The van der Waals surface area contributed by atoms with E-state index in [1.54, 1.807) is 0 Å². The number of likely N-dealkylation sites (tertiary alicyclic amines) is 1. The molecule has 1 fully saturated rings. The first-order valence-corrected chi connectivity index (χ1v) is 9.05. The van der Waals surface area contributed by atoms with Crippen LogP contribution in [0, 0.1) is 26.7 Å². The third-order valence-electron chi connectivity index (χ3n) is 5.05. The number of nitrogens with two attached hydrogens (primary N) is 1. The number of nitrogens with one attached hydrogen (secondary N) is 1. The van der Waals surface area contributed by atoms with Gasteiger partial charge in [0.1, 0.15) is 5.82 Å². The molecule has 25 heavy (non-hydrogen) atoms. The van der Waals surface area contributed by atoms with Crippen LogP contribution in [0.4, 0.5) is 5.82 Å². The first kappa shape index (κ1) is 17.7. The molecule has 7 heteroatoms. The molecule has 2 aromatic heterocycles. The van der Waals surface area contributed by atoms with E-state index in [9.17, 15) is 4.79 Å². The van der Waals surface area contributed by atoms with Crippen LogP contribution in [0.1, 0.15) is 36.2 Å². The third-order valence-corrected chi connectivity index (χ3v) is 5.05. The number of carbonyl (C=O) groups excluding carboxylic acids is 1.